The molecule has 0 amide bonds. The van der Waals surface area contributed by atoms with Crippen LogP contribution >= 0.6 is 0 Å². The molecule has 1 aromatic carbocycles. The Morgan fingerprint density at radius 1 is 1.20 bits per heavy atom. The summed E-state index contributed by atoms with van der Waals surface area (Å²) in [7, 11) is 0. The number of ether oxygens (including phenoxy) is 3. The van der Waals surface area contributed by atoms with Crippen molar-refractivity contribution in [3.8, 4) is 17.6 Å². The van der Waals surface area contributed by atoms with Crippen LogP contribution in [0, 0.1) is 11.3 Å². The molecule has 1 aliphatic heterocycles. The average Bonchev–Trinajstić information content (AvgIpc) is 2.95. The SMILES string of the molecule is N#Cc1ncccc1COCc1ccc2c(c1)OCO2. The molecular formula is C15H12N2O3. The first kappa shape index (κ1) is 12.5. The molecule has 0 aliphatic carbocycles. The Balaban J connectivity index is 1.62. The standard InChI is InChI=1S/C15H12N2O3/c16-7-13-12(2-1-5-17-13)9-18-8-11-3-4-14-15(6-11)20-10-19-14/h1-6H,8-10H2. The van der Waals surface area contributed by atoms with Gasteiger partial charge in [0, 0.05) is 11.8 Å². The molecule has 0 unspecified atom stereocenters. The number of pyridine rings is 1. The number of nitrogens with zero attached hydrogens (tertiary/aromatic N) is 2. The van der Waals surface area contributed by atoms with Gasteiger partial charge in [0.2, 0.25) is 6.79 Å². The summed E-state index contributed by atoms with van der Waals surface area (Å²) in [5.74, 6) is 1.50. The third-order valence-corrected chi connectivity index (χ3v) is 2.96. The molecule has 5 heteroatoms. The first-order chi connectivity index (χ1) is 9.86. The molecule has 0 bridgehead atoms. The fourth-order valence-electron chi connectivity index (χ4n) is 1.97. The van der Waals surface area contributed by atoms with E-state index in [0.29, 0.717) is 18.9 Å². The Bertz CT molecular complexity index is 664. The highest BCUT2D eigenvalue weighted by atomic mass is 16.7. The third kappa shape index (κ3) is 2.56. The Morgan fingerprint density at radius 2 is 2.10 bits per heavy atom. The summed E-state index contributed by atoms with van der Waals surface area (Å²) in [5, 5.41) is 8.94. The number of nitriles is 1. The van der Waals surface area contributed by atoms with Crippen molar-refractivity contribution < 1.29 is 14.2 Å². The van der Waals surface area contributed by atoms with Gasteiger partial charge in [-0.2, -0.15) is 5.26 Å². The highest BCUT2D eigenvalue weighted by Crippen LogP contribution is 2.32. The predicted molar refractivity (Wildman–Crippen MR) is 70.0 cm³/mol. The maximum Gasteiger partial charge on any atom is 0.231 e. The quantitative estimate of drug-likeness (QED) is 0.852. The van der Waals surface area contributed by atoms with E-state index in [9.17, 15) is 0 Å². The van der Waals surface area contributed by atoms with Gasteiger partial charge in [0.25, 0.3) is 0 Å². The highest BCUT2D eigenvalue weighted by molar-refractivity contribution is 5.44. The van der Waals surface area contributed by atoms with Crippen LogP contribution in [0.25, 0.3) is 0 Å². The maximum atomic E-state index is 8.94. The lowest BCUT2D eigenvalue weighted by Gasteiger charge is -2.06. The van der Waals surface area contributed by atoms with E-state index >= 15 is 0 Å². The first-order valence-electron chi connectivity index (χ1n) is 6.17. The average molecular weight is 268 g/mol. The molecule has 1 aromatic heterocycles. The van der Waals surface area contributed by atoms with E-state index in [-0.39, 0.29) is 6.79 Å². The molecule has 0 N–H and O–H groups in total. The second-order valence-electron chi connectivity index (χ2n) is 4.30. The Morgan fingerprint density at radius 3 is 3.00 bits per heavy atom. The second kappa shape index (κ2) is 5.59. The van der Waals surface area contributed by atoms with Gasteiger partial charge in [-0.25, -0.2) is 4.98 Å². The Labute approximate surface area is 116 Å². The van der Waals surface area contributed by atoms with Crippen molar-refractivity contribution in [3.63, 3.8) is 0 Å². The van der Waals surface area contributed by atoms with Crippen LogP contribution in [0.5, 0.6) is 11.5 Å². The smallest absolute Gasteiger partial charge is 0.231 e. The minimum atomic E-state index is 0.265. The molecule has 2 aromatic rings. The molecule has 1 aliphatic rings. The lowest BCUT2D eigenvalue weighted by molar-refractivity contribution is 0.106. The minimum Gasteiger partial charge on any atom is -0.454 e. The lowest BCUT2D eigenvalue weighted by Crippen LogP contribution is -1.98. The summed E-state index contributed by atoms with van der Waals surface area (Å²) in [6, 6.07) is 11.4. The fourth-order valence-corrected chi connectivity index (χ4v) is 1.97. The van der Waals surface area contributed by atoms with Gasteiger partial charge >= 0.3 is 0 Å². The van der Waals surface area contributed by atoms with E-state index in [4.69, 9.17) is 19.5 Å². The van der Waals surface area contributed by atoms with E-state index in [1.807, 2.05) is 24.3 Å². The molecule has 0 saturated carbocycles. The van der Waals surface area contributed by atoms with Gasteiger partial charge in [0.05, 0.1) is 13.2 Å². The van der Waals surface area contributed by atoms with Gasteiger partial charge in [-0.1, -0.05) is 12.1 Å². The summed E-state index contributed by atoms with van der Waals surface area (Å²) in [5.41, 5.74) is 2.19. The van der Waals surface area contributed by atoms with Crippen LogP contribution in [0.2, 0.25) is 0 Å². The van der Waals surface area contributed by atoms with Crippen molar-refractivity contribution >= 4 is 0 Å². The van der Waals surface area contributed by atoms with Crippen molar-refractivity contribution in [2.45, 2.75) is 13.2 Å². The van der Waals surface area contributed by atoms with Crippen LogP contribution in [0.1, 0.15) is 16.8 Å². The Kier molecular flexibility index (Phi) is 3.48. The fraction of sp³-hybridized carbons (Fsp3) is 0.200. The monoisotopic (exact) mass is 268 g/mol. The van der Waals surface area contributed by atoms with Crippen LogP contribution in [0.15, 0.2) is 36.5 Å². The van der Waals surface area contributed by atoms with Crippen LogP contribution in [-0.2, 0) is 18.0 Å². The zero-order valence-corrected chi connectivity index (χ0v) is 10.7. The molecule has 0 fully saturated rings. The summed E-state index contributed by atoms with van der Waals surface area (Å²) >= 11 is 0. The second-order valence-corrected chi connectivity index (χ2v) is 4.30. The number of hydrogen-bond acceptors (Lipinski definition) is 5. The van der Waals surface area contributed by atoms with E-state index in [1.165, 1.54) is 0 Å². The lowest BCUT2D eigenvalue weighted by atomic mass is 10.2. The number of fused-ring (bicyclic) bond motifs is 1. The van der Waals surface area contributed by atoms with E-state index in [1.54, 1.807) is 12.3 Å². The third-order valence-electron chi connectivity index (χ3n) is 2.96. The van der Waals surface area contributed by atoms with Crippen molar-refractivity contribution in [1.29, 1.82) is 5.26 Å². The highest BCUT2D eigenvalue weighted by Gasteiger charge is 2.13. The molecule has 2 heterocycles. The number of benzene rings is 1. The van der Waals surface area contributed by atoms with E-state index < -0.39 is 0 Å². The molecule has 0 radical (unpaired) electrons. The largest absolute Gasteiger partial charge is 0.454 e. The molecular weight excluding hydrogens is 256 g/mol. The van der Waals surface area contributed by atoms with Crippen LogP contribution in [-0.4, -0.2) is 11.8 Å². The van der Waals surface area contributed by atoms with Crippen molar-refractivity contribution in [2.75, 3.05) is 6.79 Å². The minimum absolute atomic E-state index is 0.265. The molecule has 0 saturated heterocycles. The predicted octanol–water partition coefficient (Wildman–Crippen LogP) is 2.40. The zero-order valence-electron chi connectivity index (χ0n) is 10.7. The van der Waals surface area contributed by atoms with Gasteiger partial charge in [-0.05, 0) is 23.8 Å². The van der Waals surface area contributed by atoms with Gasteiger partial charge in [0.15, 0.2) is 11.5 Å². The topological polar surface area (TPSA) is 64.4 Å². The Hall–Kier alpha value is -2.58. The van der Waals surface area contributed by atoms with Gasteiger partial charge in [0.1, 0.15) is 11.8 Å². The normalized spacial score (nSPS) is 12.2. The van der Waals surface area contributed by atoms with Crippen molar-refractivity contribution in [3.05, 3.63) is 53.3 Å². The van der Waals surface area contributed by atoms with Crippen LogP contribution < -0.4 is 9.47 Å². The summed E-state index contributed by atoms with van der Waals surface area (Å²) in [6.07, 6.45) is 1.60. The first-order valence-corrected chi connectivity index (χ1v) is 6.17. The summed E-state index contributed by atoms with van der Waals surface area (Å²) in [4.78, 5) is 3.99. The van der Waals surface area contributed by atoms with Crippen molar-refractivity contribution in [1.82, 2.24) is 4.98 Å². The van der Waals surface area contributed by atoms with Gasteiger partial charge in [-0.15, -0.1) is 0 Å². The van der Waals surface area contributed by atoms with Crippen LogP contribution in [0.3, 0.4) is 0 Å². The number of rotatable bonds is 4. The molecule has 3 rings (SSSR count). The maximum absolute atomic E-state index is 8.94. The van der Waals surface area contributed by atoms with Gasteiger partial charge in [-0.3, -0.25) is 0 Å². The van der Waals surface area contributed by atoms with Crippen molar-refractivity contribution in [2.24, 2.45) is 0 Å². The molecule has 0 atom stereocenters. The molecule has 0 spiro atoms. The van der Waals surface area contributed by atoms with Gasteiger partial charge < -0.3 is 14.2 Å². The summed E-state index contributed by atoms with van der Waals surface area (Å²) in [6.45, 7) is 1.06. The van der Waals surface area contributed by atoms with E-state index in [2.05, 4.69) is 11.1 Å². The molecule has 20 heavy (non-hydrogen) atoms. The molecule has 5 nitrogen and oxygen atoms in total. The van der Waals surface area contributed by atoms with Crippen LogP contribution in [0.4, 0.5) is 0 Å². The number of hydrogen-bond donors (Lipinski definition) is 0. The zero-order chi connectivity index (χ0) is 13.8. The summed E-state index contributed by atoms with van der Waals surface area (Å²) < 4.78 is 16.2. The molecule has 100 valence electrons. The van der Waals surface area contributed by atoms with E-state index in [0.717, 1.165) is 22.6 Å². The number of aromatic nitrogens is 1.